The minimum absolute atomic E-state index is 0.131. The molecular weight excluding hydrogens is 228 g/mol. The van der Waals surface area contributed by atoms with Crippen LogP contribution in [0.1, 0.15) is 35.7 Å². The van der Waals surface area contributed by atoms with Crippen LogP contribution >= 0.6 is 0 Å². The molecule has 2 aromatic rings. The van der Waals surface area contributed by atoms with Crippen molar-refractivity contribution in [1.29, 1.82) is 0 Å². The van der Waals surface area contributed by atoms with E-state index in [-0.39, 0.29) is 6.04 Å². The maximum atomic E-state index is 5.73. The predicted octanol–water partition coefficient (Wildman–Crippen LogP) is 0.806. The molecule has 2 aromatic heterocycles. The summed E-state index contributed by atoms with van der Waals surface area (Å²) in [6.07, 6.45) is 3.75. The van der Waals surface area contributed by atoms with Crippen molar-refractivity contribution in [2.45, 2.75) is 33.4 Å². The molecule has 6 heteroatoms. The second kappa shape index (κ2) is 4.91. The molecule has 0 aliphatic heterocycles. The summed E-state index contributed by atoms with van der Waals surface area (Å²) in [5, 5.41) is 4.43. The molecule has 98 valence electrons. The fraction of sp³-hybridized carbons (Fsp3) is 0.500. The maximum absolute atomic E-state index is 5.73. The Morgan fingerprint density at radius 3 is 2.67 bits per heavy atom. The highest BCUT2D eigenvalue weighted by Crippen LogP contribution is 2.25. The molecule has 0 radical (unpaired) electrons. The van der Waals surface area contributed by atoms with Gasteiger partial charge in [-0.15, -0.1) is 0 Å². The molecule has 0 aliphatic carbocycles. The summed E-state index contributed by atoms with van der Waals surface area (Å²) in [6.45, 7) is 6.98. The van der Waals surface area contributed by atoms with Gasteiger partial charge < -0.3 is 4.57 Å². The first-order chi connectivity index (χ1) is 8.60. The average molecular weight is 248 g/mol. The Morgan fingerprint density at radius 2 is 2.17 bits per heavy atom. The molecule has 0 saturated heterocycles. The number of nitrogens with one attached hydrogen (secondary N) is 1. The van der Waals surface area contributed by atoms with E-state index in [4.69, 9.17) is 5.84 Å². The van der Waals surface area contributed by atoms with Gasteiger partial charge in [0, 0.05) is 37.2 Å². The van der Waals surface area contributed by atoms with Crippen molar-refractivity contribution in [3.05, 3.63) is 35.2 Å². The Kier molecular flexibility index (Phi) is 3.49. The van der Waals surface area contributed by atoms with Crippen LogP contribution in [0, 0.1) is 13.8 Å². The summed E-state index contributed by atoms with van der Waals surface area (Å²) in [5.74, 6) is 6.64. The Bertz CT molecular complexity index is 539. The van der Waals surface area contributed by atoms with Crippen molar-refractivity contribution in [1.82, 2.24) is 24.8 Å². The zero-order valence-corrected chi connectivity index (χ0v) is 11.3. The van der Waals surface area contributed by atoms with Crippen LogP contribution in [0.25, 0.3) is 0 Å². The number of nitrogens with zero attached hydrogens (tertiary/aromatic N) is 4. The van der Waals surface area contributed by atoms with Gasteiger partial charge in [-0.25, -0.2) is 10.4 Å². The second-order valence-corrected chi connectivity index (χ2v) is 4.38. The fourth-order valence-corrected chi connectivity index (χ4v) is 2.34. The van der Waals surface area contributed by atoms with Crippen LogP contribution in [0.3, 0.4) is 0 Å². The van der Waals surface area contributed by atoms with Crippen molar-refractivity contribution in [2.24, 2.45) is 12.9 Å². The highest BCUT2D eigenvalue weighted by molar-refractivity contribution is 5.32. The van der Waals surface area contributed by atoms with Crippen molar-refractivity contribution in [3.8, 4) is 0 Å². The number of rotatable bonds is 4. The maximum Gasteiger partial charge on any atom is 0.131 e. The summed E-state index contributed by atoms with van der Waals surface area (Å²) >= 11 is 0. The standard InChI is InChI=1S/C12H20N6/c1-5-18-7-6-14-12(18)11(15-13)10-8(2)16-17(4)9(10)3/h6-7,11,15H,5,13H2,1-4H3. The fourth-order valence-electron chi connectivity index (χ4n) is 2.34. The minimum atomic E-state index is -0.131. The van der Waals surface area contributed by atoms with E-state index >= 15 is 0 Å². The van der Waals surface area contributed by atoms with Crippen LogP contribution < -0.4 is 11.3 Å². The summed E-state index contributed by atoms with van der Waals surface area (Å²) in [5.41, 5.74) is 6.03. The highest BCUT2D eigenvalue weighted by atomic mass is 15.3. The van der Waals surface area contributed by atoms with E-state index in [1.807, 2.05) is 31.8 Å². The first-order valence-corrected chi connectivity index (χ1v) is 6.07. The number of hydrazine groups is 1. The van der Waals surface area contributed by atoms with Gasteiger partial charge in [0.2, 0.25) is 0 Å². The molecule has 0 aromatic carbocycles. The summed E-state index contributed by atoms with van der Waals surface area (Å²) < 4.78 is 3.95. The van der Waals surface area contributed by atoms with Gasteiger partial charge in [0.1, 0.15) is 11.9 Å². The Balaban J connectivity index is 2.52. The quantitative estimate of drug-likeness (QED) is 0.620. The first kappa shape index (κ1) is 12.8. The molecule has 18 heavy (non-hydrogen) atoms. The third kappa shape index (κ3) is 1.93. The number of aryl methyl sites for hydroxylation is 3. The van der Waals surface area contributed by atoms with Crippen molar-refractivity contribution in [3.63, 3.8) is 0 Å². The number of hydrogen-bond acceptors (Lipinski definition) is 4. The SMILES string of the molecule is CCn1ccnc1C(NN)c1c(C)nn(C)c1C. The molecule has 0 saturated carbocycles. The number of nitrogens with two attached hydrogens (primary N) is 1. The second-order valence-electron chi connectivity index (χ2n) is 4.38. The molecule has 1 atom stereocenters. The molecule has 6 nitrogen and oxygen atoms in total. The molecule has 3 N–H and O–H groups in total. The van der Waals surface area contributed by atoms with Crippen LogP contribution in [0.5, 0.6) is 0 Å². The van der Waals surface area contributed by atoms with Gasteiger partial charge in [0.15, 0.2) is 0 Å². The van der Waals surface area contributed by atoms with Crippen LogP contribution in [-0.4, -0.2) is 19.3 Å². The molecule has 0 fully saturated rings. The van der Waals surface area contributed by atoms with E-state index < -0.39 is 0 Å². The van der Waals surface area contributed by atoms with Gasteiger partial charge >= 0.3 is 0 Å². The van der Waals surface area contributed by atoms with Gasteiger partial charge in [-0.1, -0.05) is 0 Å². The molecule has 1 unspecified atom stereocenters. The molecule has 0 amide bonds. The Morgan fingerprint density at radius 1 is 1.44 bits per heavy atom. The summed E-state index contributed by atoms with van der Waals surface area (Å²) in [4.78, 5) is 4.41. The molecule has 2 rings (SSSR count). The van der Waals surface area contributed by atoms with Gasteiger partial charge in [-0.05, 0) is 20.8 Å². The van der Waals surface area contributed by atoms with E-state index in [9.17, 15) is 0 Å². The van der Waals surface area contributed by atoms with E-state index in [0.29, 0.717) is 0 Å². The smallest absolute Gasteiger partial charge is 0.131 e. The zero-order chi connectivity index (χ0) is 13.3. The monoisotopic (exact) mass is 248 g/mol. The number of imidazole rings is 1. The molecule has 0 aliphatic rings. The lowest BCUT2D eigenvalue weighted by molar-refractivity contribution is 0.556. The summed E-state index contributed by atoms with van der Waals surface area (Å²) in [7, 11) is 1.94. The van der Waals surface area contributed by atoms with Crippen molar-refractivity contribution < 1.29 is 0 Å². The van der Waals surface area contributed by atoms with Crippen molar-refractivity contribution in [2.75, 3.05) is 0 Å². The molecule has 0 spiro atoms. The van der Waals surface area contributed by atoms with E-state index in [2.05, 4.69) is 27.0 Å². The van der Waals surface area contributed by atoms with Crippen LogP contribution in [-0.2, 0) is 13.6 Å². The Hall–Kier alpha value is -1.66. The van der Waals surface area contributed by atoms with Crippen LogP contribution in [0.4, 0.5) is 0 Å². The molecule has 2 heterocycles. The topological polar surface area (TPSA) is 73.7 Å². The van der Waals surface area contributed by atoms with E-state index in [1.54, 1.807) is 6.20 Å². The molecular formula is C12H20N6. The van der Waals surface area contributed by atoms with Gasteiger partial charge in [0.05, 0.1) is 5.69 Å². The largest absolute Gasteiger partial charge is 0.334 e. The van der Waals surface area contributed by atoms with Crippen LogP contribution in [0.2, 0.25) is 0 Å². The average Bonchev–Trinajstić information content (AvgIpc) is 2.90. The minimum Gasteiger partial charge on any atom is -0.334 e. The predicted molar refractivity (Wildman–Crippen MR) is 69.7 cm³/mol. The lowest BCUT2D eigenvalue weighted by Crippen LogP contribution is -2.31. The van der Waals surface area contributed by atoms with Crippen molar-refractivity contribution >= 4 is 0 Å². The number of aromatic nitrogens is 4. The van der Waals surface area contributed by atoms with E-state index in [1.165, 1.54) is 0 Å². The van der Waals surface area contributed by atoms with Gasteiger partial charge in [0.25, 0.3) is 0 Å². The summed E-state index contributed by atoms with van der Waals surface area (Å²) in [6, 6.07) is -0.131. The third-order valence-electron chi connectivity index (χ3n) is 3.37. The Labute approximate surface area is 107 Å². The third-order valence-corrected chi connectivity index (χ3v) is 3.37. The van der Waals surface area contributed by atoms with Crippen LogP contribution in [0.15, 0.2) is 12.4 Å². The lowest BCUT2D eigenvalue weighted by Gasteiger charge is -2.17. The molecule has 0 bridgehead atoms. The zero-order valence-electron chi connectivity index (χ0n) is 11.3. The normalized spacial score (nSPS) is 12.9. The highest BCUT2D eigenvalue weighted by Gasteiger charge is 2.24. The van der Waals surface area contributed by atoms with Gasteiger partial charge in [-0.3, -0.25) is 10.5 Å². The number of hydrogen-bond donors (Lipinski definition) is 2. The first-order valence-electron chi connectivity index (χ1n) is 6.07. The van der Waals surface area contributed by atoms with Gasteiger partial charge in [-0.2, -0.15) is 5.10 Å². The van der Waals surface area contributed by atoms with E-state index in [0.717, 1.165) is 29.3 Å². The lowest BCUT2D eigenvalue weighted by atomic mass is 10.0.